The molecule has 0 spiro atoms. The van der Waals surface area contributed by atoms with E-state index in [1.54, 1.807) is 7.11 Å². The van der Waals surface area contributed by atoms with Gasteiger partial charge in [-0.25, -0.2) is 0 Å². The van der Waals surface area contributed by atoms with Crippen molar-refractivity contribution in [3.05, 3.63) is 29.3 Å². The molecule has 0 bridgehead atoms. The Balaban J connectivity index is 3.06. The van der Waals surface area contributed by atoms with E-state index in [2.05, 4.69) is 13.8 Å². The van der Waals surface area contributed by atoms with E-state index >= 15 is 0 Å². The Hall–Kier alpha value is -0.960. The molecule has 3 heteroatoms. The van der Waals surface area contributed by atoms with E-state index in [1.165, 1.54) is 17.3 Å². The summed E-state index contributed by atoms with van der Waals surface area (Å²) in [7, 11) is 1.61. The molecule has 0 N–H and O–H groups in total. The summed E-state index contributed by atoms with van der Waals surface area (Å²) in [6.07, 6.45) is 1.92. The Kier molecular flexibility index (Phi) is 4.87. The van der Waals surface area contributed by atoms with Crippen molar-refractivity contribution in [3.63, 3.8) is 0 Å². The van der Waals surface area contributed by atoms with Crippen molar-refractivity contribution in [2.24, 2.45) is 0 Å². The van der Waals surface area contributed by atoms with E-state index in [0.717, 1.165) is 0 Å². The number of carbonyl (C=O) groups is 1. The molecule has 0 heterocycles. The number of rotatable bonds is 5. The zero-order valence-electron chi connectivity index (χ0n) is 10.2. The first-order chi connectivity index (χ1) is 7.60. The van der Waals surface area contributed by atoms with Gasteiger partial charge in [0.05, 0.1) is 18.4 Å². The summed E-state index contributed by atoms with van der Waals surface area (Å²) in [4.78, 5) is 11.8. The molecule has 0 fully saturated rings. The predicted octanol–water partition coefficient (Wildman–Crippen LogP) is 3.36. The average molecular weight is 238 g/mol. The van der Waals surface area contributed by atoms with Gasteiger partial charge in [-0.2, -0.15) is 11.8 Å². The van der Waals surface area contributed by atoms with Gasteiger partial charge in [-0.1, -0.05) is 19.9 Å². The highest BCUT2D eigenvalue weighted by Gasteiger charge is 2.13. The van der Waals surface area contributed by atoms with E-state index in [4.69, 9.17) is 4.74 Å². The Bertz CT molecular complexity index is 372. The van der Waals surface area contributed by atoms with Crippen molar-refractivity contribution in [1.82, 2.24) is 0 Å². The summed E-state index contributed by atoms with van der Waals surface area (Å²) < 4.78 is 5.27. The third kappa shape index (κ3) is 3.01. The van der Waals surface area contributed by atoms with Crippen LogP contribution in [0.15, 0.2) is 18.2 Å². The van der Waals surface area contributed by atoms with Crippen LogP contribution in [-0.4, -0.2) is 24.9 Å². The lowest BCUT2D eigenvalue weighted by atomic mass is 10.00. The molecular weight excluding hydrogens is 220 g/mol. The molecule has 0 amide bonds. The summed E-state index contributed by atoms with van der Waals surface area (Å²) in [5.74, 6) is 1.75. The third-order valence-corrected chi connectivity index (χ3v) is 3.02. The van der Waals surface area contributed by atoms with E-state index in [9.17, 15) is 4.79 Å². The number of hydrogen-bond acceptors (Lipinski definition) is 3. The number of methoxy groups -OCH3 is 1. The summed E-state index contributed by atoms with van der Waals surface area (Å²) in [5, 5.41) is 0. The molecule has 0 atom stereocenters. The van der Waals surface area contributed by atoms with Crippen LogP contribution in [0.25, 0.3) is 0 Å². The summed E-state index contributed by atoms with van der Waals surface area (Å²) >= 11 is 1.53. The Morgan fingerprint density at radius 1 is 1.44 bits per heavy atom. The fraction of sp³-hybridized carbons (Fsp3) is 0.462. The van der Waals surface area contributed by atoms with E-state index < -0.39 is 0 Å². The Labute approximate surface area is 101 Å². The van der Waals surface area contributed by atoms with Crippen molar-refractivity contribution in [3.8, 4) is 5.75 Å². The fourth-order valence-electron chi connectivity index (χ4n) is 1.51. The first-order valence-electron chi connectivity index (χ1n) is 5.30. The predicted molar refractivity (Wildman–Crippen MR) is 69.8 cm³/mol. The number of benzene rings is 1. The first-order valence-corrected chi connectivity index (χ1v) is 6.69. The van der Waals surface area contributed by atoms with Crippen molar-refractivity contribution < 1.29 is 9.53 Å². The van der Waals surface area contributed by atoms with Crippen LogP contribution in [0, 0.1) is 0 Å². The molecule has 0 unspecified atom stereocenters. The van der Waals surface area contributed by atoms with Crippen molar-refractivity contribution >= 4 is 17.5 Å². The van der Waals surface area contributed by atoms with Gasteiger partial charge in [0.1, 0.15) is 5.75 Å². The molecule has 0 aliphatic carbocycles. The SMILES string of the molecule is COc1cc(C(C)C)ccc1C(=O)CSC. The maximum Gasteiger partial charge on any atom is 0.176 e. The summed E-state index contributed by atoms with van der Waals surface area (Å²) in [5.41, 5.74) is 1.87. The van der Waals surface area contributed by atoms with Crippen LogP contribution in [0.2, 0.25) is 0 Å². The van der Waals surface area contributed by atoms with Crippen LogP contribution in [0.5, 0.6) is 5.75 Å². The zero-order chi connectivity index (χ0) is 12.1. The molecule has 0 aliphatic rings. The van der Waals surface area contributed by atoms with Gasteiger partial charge in [0.15, 0.2) is 5.78 Å². The van der Waals surface area contributed by atoms with Gasteiger partial charge in [0.2, 0.25) is 0 Å². The molecule has 0 radical (unpaired) electrons. The van der Waals surface area contributed by atoms with Crippen molar-refractivity contribution in [2.75, 3.05) is 19.1 Å². The largest absolute Gasteiger partial charge is 0.496 e. The molecular formula is C13H18O2S. The smallest absolute Gasteiger partial charge is 0.176 e. The van der Waals surface area contributed by atoms with Gasteiger partial charge in [-0.15, -0.1) is 0 Å². The van der Waals surface area contributed by atoms with Crippen LogP contribution in [0.1, 0.15) is 35.7 Å². The highest BCUT2D eigenvalue weighted by Crippen LogP contribution is 2.25. The Morgan fingerprint density at radius 3 is 2.62 bits per heavy atom. The second-order valence-electron chi connectivity index (χ2n) is 3.97. The second kappa shape index (κ2) is 5.94. The molecule has 0 saturated heterocycles. The van der Waals surface area contributed by atoms with E-state index in [0.29, 0.717) is 23.0 Å². The maximum absolute atomic E-state index is 11.8. The number of thioether (sulfide) groups is 1. The fourth-order valence-corrected chi connectivity index (χ4v) is 1.92. The van der Waals surface area contributed by atoms with Crippen LogP contribution in [0.4, 0.5) is 0 Å². The quantitative estimate of drug-likeness (QED) is 0.736. The lowest BCUT2D eigenvalue weighted by Gasteiger charge is -2.11. The standard InChI is InChI=1S/C13H18O2S/c1-9(2)10-5-6-11(12(14)8-16-4)13(7-10)15-3/h5-7,9H,8H2,1-4H3. The topological polar surface area (TPSA) is 26.3 Å². The van der Waals surface area contributed by atoms with Crippen LogP contribution < -0.4 is 4.74 Å². The zero-order valence-corrected chi connectivity index (χ0v) is 11.1. The van der Waals surface area contributed by atoms with Gasteiger partial charge < -0.3 is 4.74 Å². The molecule has 16 heavy (non-hydrogen) atoms. The number of ketones is 1. The molecule has 1 aromatic rings. The molecule has 1 aromatic carbocycles. The molecule has 0 aliphatic heterocycles. The van der Waals surface area contributed by atoms with E-state index in [-0.39, 0.29) is 5.78 Å². The molecule has 88 valence electrons. The van der Waals surface area contributed by atoms with Crippen LogP contribution >= 0.6 is 11.8 Å². The van der Waals surface area contributed by atoms with Gasteiger partial charge >= 0.3 is 0 Å². The number of Topliss-reactive ketones (excluding diaryl/α,β-unsaturated/α-hetero) is 1. The lowest BCUT2D eigenvalue weighted by molar-refractivity contribution is 0.101. The number of hydrogen-bond donors (Lipinski definition) is 0. The minimum absolute atomic E-state index is 0.125. The van der Waals surface area contributed by atoms with Gasteiger partial charge in [0, 0.05) is 0 Å². The number of carbonyl (C=O) groups excluding carboxylic acids is 1. The molecule has 2 nitrogen and oxygen atoms in total. The summed E-state index contributed by atoms with van der Waals surface area (Å²) in [6, 6.07) is 5.83. The highest BCUT2D eigenvalue weighted by atomic mass is 32.2. The first kappa shape index (κ1) is 13.1. The molecule has 0 saturated carbocycles. The minimum atomic E-state index is 0.125. The average Bonchev–Trinajstić information content (AvgIpc) is 2.28. The monoisotopic (exact) mass is 238 g/mol. The minimum Gasteiger partial charge on any atom is -0.496 e. The number of ether oxygens (including phenoxy) is 1. The second-order valence-corrected chi connectivity index (χ2v) is 4.84. The lowest BCUT2D eigenvalue weighted by Crippen LogP contribution is -2.05. The van der Waals surface area contributed by atoms with Crippen LogP contribution in [-0.2, 0) is 0 Å². The van der Waals surface area contributed by atoms with Crippen molar-refractivity contribution in [2.45, 2.75) is 19.8 Å². The van der Waals surface area contributed by atoms with Gasteiger partial charge in [0.25, 0.3) is 0 Å². The van der Waals surface area contributed by atoms with Gasteiger partial charge in [-0.05, 0) is 29.9 Å². The normalized spacial score (nSPS) is 10.6. The maximum atomic E-state index is 11.8. The van der Waals surface area contributed by atoms with Crippen molar-refractivity contribution in [1.29, 1.82) is 0 Å². The van der Waals surface area contributed by atoms with Gasteiger partial charge in [-0.3, -0.25) is 4.79 Å². The third-order valence-electron chi connectivity index (χ3n) is 2.47. The molecule has 0 aromatic heterocycles. The molecule has 1 rings (SSSR count). The highest BCUT2D eigenvalue weighted by molar-refractivity contribution is 7.99. The van der Waals surface area contributed by atoms with E-state index in [1.807, 2.05) is 24.5 Å². The summed E-state index contributed by atoms with van der Waals surface area (Å²) in [6.45, 7) is 4.25. The Morgan fingerprint density at radius 2 is 2.12 bits per heavy atom. The van der Waals surface area contributed by atoms with Crippen LogP contribution in [0.3, 0.4) is 0 Å².